The summed E-state index contributed by atoms with van der Waals surface area (Å²) in [5.41, 5.74) is 9.01. The molecule has 25 heavy (non-hydrogen) atoms. The molecule has 128 valence electrons. The highest BCUT2D eigenvalue weighted by Crippen LogP contribution is 2.27. The van der Waals surface area contributed by atoms with E-state index in [1.54, 1.807) is 18.3 Å². The molecule has 0 bridgehead atoms. The molecule has 2 N–H and O–H groups in total. The van der Waals surface area contributed by atoms with Crippen LogP contribution in [0.3, 0.4) is 0 Å². The lowest BCUT2D eigenvalue weighted by molar-refractivity contribution is -0.384. The summed E-state index contributed by atoms with van der Waals surface area (Å²) in [6.07, 6.45) is 1.72. The molecule has 0 aliphatic carbocycles. The molecule has 1 aromatic heterocycles. The van der Waals surface area contributed by atoms with Crippen LogP contribution in [0.2, 0.25) is 0 Å². The molecule has 1 saturated heterocycles. The highest BCUT2D eigenvalue weighted by molar-refractivity contribution is 5.65. The SMILES string of the molecule is Cc1c(N2CCN(c3ccc([N+](=O)[O-])cc3)CC2)cnc(N)c1C#N. The summed E-state index contributed by atoms with van der Waals surface area (Å²) in [7, 11) is 0. The topological polar surface area (TPSA) is 112 Å². The van der Waals surface area contributed by atoms with Gasteiger partial charge in [0, 0.05) is 44.0 Å². The summed E-state index contributed by atoms with van der Waals surface area (Å²) in [4.78, 5) is 18.8. The van der Waals surface area contributed by atoms with Gasteiger partial charge in [0.15, 0.2) is 0 Å². The molecule has 1 aliphatic heterocycles. The minimum Gasteiger partial charge on any atom is -0.383 e. The number of anilines is 3. The summed E-state index contributed by atoms with van der Waals surface area (Å²) in [5, 5.41) is 20.0. The third-order valence-electron chi connectivity index (χ3n) is 4.50. The zero-order chi connectivity index (χ0) is 18.0. The van der Waals surface area contributed by atoms with Crippen LogP contribution in [-0.2, 0) is 0 Å². The van der Waals surface area contributed by atoms with Crippen LogP contribution in [-0.4, -0.2) is 36.1 Å². The first kappa shape index (κ1) is 16.5. The summed E-state index contributed by atoms with van der Waals surface area (Å²) in [6.45, 7) is 4.99. The van der Waals surface area contributed by atoms with Gasteiger partial charge >= 0.3 is 0 Å². The van der Waals surface area contributed by atoms with Crippen molar-refractivity contribution >= 4 is 22.9 Å². The number of nitro benzene ring substituents is 1. The minimum atomic E-state index is -0.397. The normalized spacial score (nSPS) is 14.2. The molecule has 0 unspecified atom stereocenters. The fraction of sp³-hybridized carbons (Fsp3) is 0.294. The minimum absolute atomic E-state index is 0.0926. The second kappa shape index (κ2) is 6.65. The van der Waals surface area contributed by atoms with Crippen LogP contribution in [0.5, 0.6) is 0 Å². The van der Waals surface area contributed by atoms with Gasteiger partial charge in [0.05, 0.1) is 22.4 Å². The molecule has 0 saturated carbocycles. The molecule has 3 rings (SSSR count). The van der Waals surface area contributed by atoms with Crippen molar-refractivity contribution in [2.45, 2.75) is 6.92 Å². The Bertz CT molecular complexity index is 835. The lowest BCUT2D eigenvalue weighted by Crippen LogP contribution is -2.46. The average Bonchev–Trinajstić information content (AvgIpc) is 2.62. The number of hydrogen-bond acceptors (Lipinski definition) is 7. The molecular weight excluding hydrogens is 320 g/mol. The average molecular weight is 338 g/mol. The number of nitrogens with zero attached hydrogens (tertiary/aromatic N) is 5. The van der Waals surface area contributed by atoms with Gasteiger partial charge in [0.25, 0.3) is 5.69 Å². The van der Waals surface area contributed by atoms with Crippen molar-refractivity contribution in [1.82, 2.24) is 4.98 Å². The van der Waals surface area contributed by atoms with Gasteiger partial charge in [-0.3, -0.25) is 10.1 Å². The number of non-ortho nitro benzene ring substituents is 1. The van der Waals surface area contributed by atoms with Gasteiger partial charge in [-0.05, 0) is 24.6 Å². The Hall–Kier alpha value is -3.34. The van der Waals surface area contributed by atoms with Crippen LogP contribution < -0.4 is 15.5 Å². The largest absolute Gasteiger partial charge is 0.383 e. The van der Waals surface area contributed by atoms with E-state index in [9.17, 15) is 15.4 Å². The summed E-state index contributed by atoms with van der Waals surface area (Å²) in [6, 6.07) is 8.71. The predicted octanol–water partition coefficient (Wildman–Crippen LogP) is 2.08. The highest BCUT2D eigenvalue weighted by Gasteiger charge is 2.21. The number of nitriles is 1. The van der Waals surface area contributed by atoms with Crippen LogP contribution in [0, 0.1) is 28.4 Å². The molecule has 8 nitrogen and oxygen atoms in total. The number of rotatable bonds is 3. The van der Waals surface area contributed by atoms with Gasteiger partial charge in [0.2, 0.25) is 0 Å². The molecule has 0 atom stereocenters. The van der Waals surface area contributed by atoms with E-state index in [1.807, 2.05) is 6.92 Å². The number of piperazine rings is 1. The zero-order valence-electron chi connectivity index (χ0n) is 13.8. The molecule has 2 heterocycles. The molecule has 1 aromatic carbocycles. The van der Waals surface area contributed by atoms with E-state index >= 15 is 0 Å². The summed E-state index contributed by atoms with van der Waals surface area (Å²) in [5.74, 6) is 0.258. The van der Waals surface area contributed by atoms with Gasteiger partial charge in [-0.25, -0.2) is 4.98 Å². The first-order valence-corrected chi connectivity index (χ1v) is 7.91. The number of nitrogens with two attached hydrogens (primary N) is 1. The van der Waals surface area contributed by atoms with E-state index in [2.05, 4.69) is 20.9 Å². The number of nitrogen functional groups attached to an aromatic ring is 1. The number of benzene rings is 1. The van der Waals surface area contributed by atoms with Crippen molar-refractivity contribution < 1.29 is 4.92 Å². The molecule has 1 fully saturated rings. The van der Waals surface area contributed by atoms with Crippen molar-refractivity contribution in [2.24, 2.45) is 0 Å². The quantitative estimate of drug-likeness (QED) is 0.673. The van der Waals surface area contributed by atoms with E-state index in [0.29, 0.717) is 5.56 Å². The number of hydrogen-bond donors (Lipinski definition) is 1. The van der Waals surface area contributed by atoms with Gasteiger partial charge in [-0.1, -0.05) is 0 Å². The first-order valence-electron chi connectivity index (χ1n) is 7.91. The van der Waals surface area contributed by atoms with E-state index in [1.165, 1.54) is 12.1 Å². The van der Waals surface area contributed by atoms with Crippen molar-refractivity contribution in [2.75, 3.05) is 41.7 Å². The van der Waals surface area contributed by atoms with Crippen molar-refractivity contribution in [3.8, 4) is 6.07 Å². The van der Waals surface area contributed by atoms with Crippen LogP contribution in [0.1, 0.15) is 11.1 Å². The molecule has 0 spiro atoms. The van der Waals surface area contributed by atoms with Gasteiger partial charge < -0.3 is 15.5 Å². The maximum atomic E-state index is 10.7. The molecule has 2 aromatic rings. The van der Waals surface area contributed by atoms with E-state index < -0.39 is 4.92 Å². The Morgan fingerprint density at radius 2 is 1.80 bits per heavy atom. The van der Waals surface area contributed by atoms with Crippen molar-refractivity contribution in [1.29, 1.82) is 5.26 Å². The molecular formula is C17H18N6O2. The second-order valence-corrected chi connectivity index (χ2v) is 5.89. The van der Waals surface area contributed by atoms with Crippen LogP contribution in [0.25, 0.3) is 0 Å². The van der Waals surface area contributed by atoms with Gasteiger partial charge in [-0.2, -0.15) is 5.26 Å². The Kier molecular flexibility index (Phi) is 4.39. The van der Waals surface area contributed by atoms with Crippen molar-refractivity contribution in [3.63, 3.8) is 0 Å². The van der Waals surface area contributed by atoms with E-state index in [0.717, 1.165) is 43.1 Å². The van der Waals surface area contributed by atoms with E-state index in [-0.39, 0.29) is 11.5 Å². The Morgan fingerprint density at radius 1 is 1.20 bits per heavy atom. The molecule has 0 amide bonds. The zero-order valence-corrected chi connectivity index (χ0v) is 13.8. The third-order valence-corrected chi connectivity index (χ3v) is 4.50. The maximum absolute atomic E-state index is 10.7. The summed E-state index contributed by atoms with van der Waals surface area (Å²) >= 11 is 0. The first-order chi connectivity index (χ1) is 12.0. The fourth-order valence-electron chi connectivity index (χ4n) is 3.06. The van der Waals surface area contributed by atoms with Crippen LogP contribution in [0.15, 0.2) is 30.5 Å². The van der Waals surface area contributed by atoms with Gasteiger partial charge in [-0.15, -0.1) is 0 Å². The number of nitro groups is 1. The number of aromatic nitrogens is 1. The smallest absolute Gasteiger partial charge is 0.269 e. The highest BCUT2D eigenvalue weighted by atomic mass is 16.6. The third kappa shape index (κ3) is 3.17. The standard InChI is InChI=1S/C17H18N6O2/c1-12-15(10-18)17(19)20-11-16(12)22-8-6-21(7-9-22)13-2-4-14(5-3-13)23(24)25/h2-5,11H,6-9H2,1H3,(H2,19,20). The monoisotopic (exact) mass is 338 g/mol. The number of pyridine rings is 1. The Morgan fingerprint density at radius 3 is 2.36 bits per heavy atom. The summed E-state index contributed by atoms with van der Waals surface area (Å²) < 4.78 is 0. The lowest BCUT2D eigenvalue weighted by Gasteiger charge is -2.37. The Labute approximate surface area is 145 Å². The Balaban J connectivity index is 1.72. The fourth-order valence-corrected chi connectivity index (χ4v) is 3.06. The van der Waals surface area contributed by atoms with Crippen molar-refractivity contribution in [3.05, 3.63) is 51.7 Å². The molecule has 8 heteroatoms. The van der Waals surface area contributed by atoms with Crippen LogP contribution in [0.4, 0.5) is 22.9 Å². The van der Waals surface area contributed by atoms with E-state index in [4.69, 9.17) is 5.73 Å². The molecule has 1 aliphatic rings. The predicted molar refractivity (Wildman–Crippen MR) is 95.6 cm³/mol. The van der Waals surface area contributed by atoms with Crippen LogP contribution >= 0.6 is 0 Å². The van der Waals surface area contributed by atoms with Gasteiger partial charge in [0.1, 0.15) is 11.9 Å². The lowest BCUT2D eigenvalue weighted by atomic mass is 10.1. The molecule has 0 radical (unpaired) electrons. The maximum Gasteiger partial charge on any atom is 0.269 e. The second-order valence-electron chi connectivity index (χ2n) is 5.89.